The summed E-state index contributed by atoms with van der Waals surface area (Å²) in [4.78, 5) is 22.3. The highest BCUT2D eigenvalue weighted by molar-refractivity contribution is 6.51. The van der Waals surface area contributed by atoms with E-state index >= 15 is 0 Å². The van der Waals surface area contributed by atoms with E-state index in [1.165, 1.54) is 0 Å². The molecule has 3 nitrogen and oxygen atoms in total. The Morgan fingerprint density at radius 2 is 1.85 bits per heavy atom. The fourth-order valence-corrected chi connectivity index (χ4v) is 1.61. The third-order valence-corrected chi connectivity index (χ3v) is 2.17. The zero-order valence-electron chi connectivity index (χ0n) is 7.47. The van der Waals surface area contributed by atoms with Crippen LogP contribution in [0.3, 0.4) is 0 Å². The molecule has 1 N–H and O–H groups in total. The lowest BCUT2D eigenvalue weighted by atomic mass is 10.0. The second-order valence-electron chi connectivity index (χ2n) is 3.29. The molecule has 0 atom stereocenters. The number of ketones is 1. The first-order valence-corrected chi connectivity index (χ1v) is 4.06. The third kappa shape index (κ3) is 1.04. The van der Waals surface area contributed by atoms with Crippen molar-refractivity contribution in [1.29, 1.82) is 0 Å². The zero-order chi connectivity index (χ0) is 9.59. The monoisotopic (exact) mass is 175 g/mol. The molecule has 1 aromatic rings. The summed E-state index contributed by atoms with van der Waals surface area (Å²) in [6.07, 6.45) is 0. The number of anilines is 1. The number of carbonyl (C=O) groups is 2. The van der Waals surface area contributed by atoms with E-state index in [0.717, 1.165) is 11.1 Å². The lowest BCUT2D eigenvalue weighted by Crippen LogP contribution is -2.12. The smallest absolute Gasteiger partial charge is 0.296 e. The van der Waals surface area contributed by atoms with Gasteiger partial charge in [0.05, 0.1) is 11.3 Å². The van der Waals surface area contributed by atoms with Crippen molar-refractivity contribution in [1.82, 2.24) is 0 Å². The van der Waals surface area contributed by atoms with Crippen molar-refractivity contribution in [3.63, 3.8) is 0 Å². The highest BCUT2D eigenvalue weighted by atomic mass is 16.2. The number of benzene rings is 1. The first kappa shape index (κ1) is 7.98. The predicted molar refractivity (Wildman–Crippen MR) is 48.9 cm³/mol. The fourth-order valence-electron chi connectivity index (χ4n) is 1.61. The van der Waals surface area contributed by atoms with Gasteiger partial charge in [-0.3, -0.25) is 9.59 Å². The van der Waals surface area contributed by atoms with Crippen molar-refractivity contribution in [2.24, 2.45) is 0 Å². The first-order valence-electron chi connectivity index (χ1n) is 4.06. The van der Waals surface area contributed by atoms with E-state index in [0.29, 0.717) is 11.3 Å². The molecule has 1 heterocycles. The average Bonchev–Trinajstić information content (AvgIpc) is 2.32. The molecule has 0 unspecified atom stereocenters. The molecule has 13 heavy (non-hydrogen) atoms. The Bertz CT molecular complexity index is 421. The summed E-state index contributed by atoms with van der Waals surface area (Å²) >= 11 is 0. The SMILES string of the molecule is Cc1cc(C)c2c(c1)C(=O)C(=O)N2. The maximum Gasteiger partial charge on any atom is 0.296 e. The number of rotatable bonds is 0. The van der Waals surface area contributed by atoms with Gasteiger partial charge in [0.2, 0.25) is 0 Å². The van der Waals surface area contributed by atoms with Crippen molar-refractivity contribution in [2.45, 2.75) is 13.8 Å². The van der Waals surface area contributed by atoms with Crippen LogP contribution in [-0.4, -0.2) is 11.7 Å². The van der Waals surface area contributed by atoms with Crippen molar-refractivity contribution in [2.75, 3.05) is 5.32 Å². The number of nitrogens with one attached hydrogen (secondary N) is 1. The Balaban J connectivity index is 2.70. The van der Waals surface area contributed by atoms with E-state index < -0.39 is 11.7 Å². The molecule has 1 aromatic carbocycles. The van der Waals surface area contributed by atoms with E-state index in [9.17, 15) is 9.59 Å². The number of aryl methyl sites for hydroxylation is 2. The zero-order valence-corrected chi connectivity index (χ0v) is 7.47. The second-order valence-corrected chi connectivity index (χ2v) is 3.29. The topological polar surface area (TPSA) is 46.2 Å². The van der Waals surface area contributed by atoms with Gasteiger partial charge in [0, 0.05) is 0 Å². The Kier molecular flexibility index (Phi) is 1.49. The van der Waals surface area contributed by atoms with Gasteiger partial charge in [0.25, 0.3) is 11.7 Å². The summed E-state index contributed by atoms with van der Waals surface area (Å²) in [6, 6.07) is 3.68. The number of hydrogen-bond donors (Lipinski definition) is 1. The molecular weight excluding hydrogens is 166 g/mol. The predicted octanol–water partition coefficient (Wildman–Crippen LogP) is 1.44. The molecule has 0 saturated carbocycles. The fraction of sp³-hybridized carbons (Fsp3) is 0.200. The Morgan fingerprint density at radius 3 is 2.54 bits per heavy atom. The Labute approximate surface area is 75.8 Å². The number of carbonyl (C=O) groups excluding carboxylic acids is 2. The second kappa shape index (κ2) is 2.42. The molecular formula is C10H9NO2. The van der Waals surface area contributed by atoms with Gasteiger partial charge < -0.3 is 5.32 Å². The van der Waals surface area contributed by atoms with E-state index in [-0.39, 0.29) is 0 Å². The Morgan fingerprint density at radius 1 is 1.15 bits per heavy atom. The molecule has 0 spiro atoms. The quantitative estimate of drug-likeness (QED) is 0.606. The number of hydrogen-bond acceptors (Lipinski definition) is 2. The standard InChI is InChI=1S/C10H9NO2/c1-5-3-6(2)8-7(4-5)9(12)10(13)11-8/h3-4H,1-2H3,(H,11,12,13). The highest BCUT2D eigenvalue weighted by Gasteiger charge is 2.28. The van der Waals surface area contributed by atoms with Crippen LogP contribution in [0.1, 0.15) is 21.5 Å². The van der Waals surface area contributed by atoms with Gasteiger partial charge in [-0.15, -0.1) is 0 Å². The molecule has 0 bridgehead atoms. The van der Waals surface area contributed by atoms with Gasteiger partial charge in [-0.1, -0.05) is 6.07 Å². The molecule has 0 aromatic heterocycles. The maximum absolute atomic E-state index is 11.3. The van der Waals surface area contributed by atoms with Crippen LogP contribution in [0.15, 0.2) is 12.1 Å². The molecule has 1 aliphatic rings. The molecule has 2 rings (SSSR count). The van der Waals surface area contributed by atoms with Crippen LogP contribution in [0, 0.1) is 13.8 Å². The van der Waals surface area contributed by atoms with Gasteiger partial charge in [-0.25, -0.2) is 0 Å². The number of fused-ring (bicyclic) bond motifs is 1. The van der Waals surface area contributed by atoms with E-state index in [1.54, 1.807) is 6.07 Å². The molecule has 0 fully saturated rings. The van der Waals surface area contributed by atoms with Crippen LogP contribution in [-0.2, 0) is 4.79 Å². The summed E-state index contributed by atoms with van der Waals surface area (Å²) in [5.74, 6) is -0.953. The summed E-state index contributed by atoms with van der Waals surface area (Å²) in [7, 11) is 0. The van der Waals surface area contributed by atoms with Gasteiger partial charge in [0.15, 0.2) is 0 Å². The molecule has 66 valence electrons. The summed E-state index contributed by atoms with van der Waals surface area (Å²) in [5.41, 5.74) is 3.11. The summed E-state index contributed by atoms with van der Waals surface area (Å²) in [6.45, 7) is 3.79. The summed E-state index contributed by atoms with van der Waals surface area (Å²) in [5, 5.41) is 2.55. The molecule has 0 aliphatic carbocycles. The van der Waals surface area contributed by atoms with Crippen LogP contribution in [0.4, 0.5) is 5.69 Å². The molecule has 1 amide bonds. The molecule has 3 heteroatoms. The largest absolute Gasteiger partial charge is 0.318 e. The number of amides is 1. The lowest BCUT2D eigenvalue weighted by Gasteiger charge is -2.02. The van der Waals surface area contributed by atoms with Crippen molar-refractivity contribution >= 4 is 17.4 Å². The van der Waals surface area contributed by atoms with E-state index in [4.69, 9.17) is 0 Å². The number of Topliss-reactive ketones (excluding diaryl/α,β-unsaturated/α-hetero) is 1. The minimum Gasteiger partial charge on any atom is -0.318 e. The van der Waals surface area contributed by atoms with Gasteiger partial charge in [0.1, 0.15) is 0 Å². The van der Waals surface area contributed by atoms with Crippen molar-refractivity contribution < 1.29 is 9.59 Å². The lowest BCUT2D eigenvalue weighted by molar-refractivity contribution is -0.112. The van der Waals surface area contributed by atoms with Crippen LogP contribution in [0.2, 0.25) is 0 Å². The van der Waals surface area contributed by atoms with Gasteiger partial charge >= 0.3 is 0 Å². The van der Waals surface area contributed by atoms with Crippen LogP contribution in [0.25, 0.3) is 0 Å². The Hall–Kier alpha value is -1.64. The molecule has 0 radical (unpaired) electrons. The van der Waals surface area contributed by atoms with Crippen molar-refractivity contribution in [3.05, 3.63) is 28.8 Å². The van der Waals surface area contributed by atoms with E-state index in [1.807, 2.05) is 19.9 Å². The van der Waals surface area contributed by atoms with E-state index in [2.05, 4.69) is 5.32 Å². The van der Waals surface area contributed by atoms with Gasteiger partial charge in [-0.2, -0.15) is 0 Å². The van der Waals surface area contributed by atoms with Crippen molar-refractivity contribution in [3.8, 4) is 0 Å². The van der Waals surface area contributed by atoms with Crippen LogP contribution >= 0.6 is 0 Å². The minimum absolute atomic E-state index is 0.429. The van der Waals surface area contributed by atoms with Crippen LogP contribution in [0.5, 0.6) is 0 Å². The molecule has 0 saturated heterocycles. The molecule has 1 aliphatic heterocycles. The van der Waals surface area contributed by atoms with Crippen LogP contribution < -0.4 is 5.32 Å². The highest BCUT2D eigenvalue weighted by Crippen LogP contribution is 2.27. The summed E-state index contributed by atoms with van der Waals surface area (Å²) < 4.78 is 0. The maximum atomic E-state index is 11.3. The average molecular weight is 175 g/mol. The third-order valence-electron chi connectivity index (χ3n) is 2.17. The first-order chi connectivity index (χ1) is 6.09. The van der Waals surface area contributed by atoms with Gasteiger partial charge in [-0.05, 0) is 31.0 Å². The minimum atomic E-state index is -0.524. The normalized spacial score (nSPS) is 14.3.